The first-order valence-corrected chi connectivity index (χ1v) is 10.4. The molecule has 0 aliphatic rings. The van der Waals surface area contributed by atoms with Gasteiger partial charge >= 0.3 is 5.97 Å². The highest BCUT2D eigenvalue weighted by molar-refractivity contribution is 5.78. The first-order chi connectivity index (χ1) is 13.7. The van der Waals surface area contributed by atoms with Crippen LogP contribution < -0.4 is 5.32 Å². The number of ether oxygens (including phenoxy) is 1. The van der Waals surface area contributed by atoms with Crippen molar-refractivity contribution < 1.29 is 14.6 Å². The van der Waals surface area contributed by atoms with Crippen LogP contribution in [0.4, 0.5) is 0 Å². The topological polar surface area (TPSA) is 58.6 Å². The van der Waals surface area contributed by atoms with Gasteiger partial charge < -0.3 is 15.2 Å². The van der Waals surface area contributed by atoms with Crippen LogP contribution in [0.5, 0.6) is 0 Å². The van der Waals surface area contributed by atoms with Gasteiger partial charge in [0.2, 0.25) is 0 Å². The zero-order chi connectivity index (χ0) is 20.0. The maximum absolute atomic E-state index is 12.3. The summed E-state index contributed by atoms with van der Waals surface area (Å²) in [5.41, 5.74) is 1.97. The van der Waals surface area contributed by atoms with Crippen molar-refractivity contribution in [2.75, 3.05) is 19.7 Å². The molecule has 0 aliphatic heterocycles. The van der Waals surface area contributed by atoms with E-state index in [1.807, 2.05) is 67.6 Å². The summed E-state index contributed by atoms with van der Waals surface area (Å²) in [5.74, 6) is -0.285. The third kappa shape index (κ3) is 7.83. The van der Waals surface area contributed by atoms with E-state index in [0.717, 1.165) is 49.8 Å². The van der Waals surface area contributed by atoms with Crippen molar-refractivity contribution in [2.45, 2.75) is 51.0 Å². The molecule has 0 spiro atoms. The van der Waals surface area contributed by atoms with Gasteiger partial charge in [-0.05, 0) is 36.9 Å². The van der Waals surface area contributed by atoms with Crippen LogP contribution in [0.1, 0.15) is 62.2 Å². The van der Waals surface area contributed by atoms with Crippen molar-refractivity contribution in [3.05, 3.63) is 71.8 Å². The Morgan fingerprint density at radius 2 is 1.54 bits per heavy atom. The van der Waals surface area contributed by atoms with Gasteiger partial charge in [0.25, 0.3) is 0 Å². The minimum atomic E-state index is -0.461. The predicted molar refractivity (Wildman–Crippen MR) is 113 cm³/mol. The van der Waals surface area contributed by atoms with E-state index in [9.17, 15) is 9.90 Å². The molecule has 2 aromatic carbocycles. The number of esters is 1. The lowest BCUT2D eigenvalue weighted by Crippen LogP contribution is -2.22. The van der Waals surface area contributed by atoms with E-state index >= 15 is 0 Å². The lowest BCUT2D eigenvalue weighted by Gasteiger charge is -2.14. The molecule has 0 fully saturated rings. The fraction of sp³-hybridized carbons (Fsp3) is 0.458. The molecule has 28 heavy (non-hydrogen) atoms. The third-order valence-corrected chi connectivity index (χ3v) is 4.91. The van der Waals surface area contributed by atoms with E-state index in [0.29, 0.717) is 13.2 Å². The van der Waals surface area contributed by atoms with Gasteiger partial charge in [0, 0.05) is 6.54 Å². The molecule has 2 aromatic rings. The van der Waals surface area contributed by atoms with Crippen molar-refractivity contribution in [3.63, 3.8) is 0 Å². The molecule has 2 N–H and O–H groups in total. The third-order valence-electron chi connectivity index (χ3n) is 4.91. The van der Waals surface area contributed by atoms with Crippen molar-refractivity contribution in [3.8, 4) is 0 Å². The van der Waals surface area contributed by atoms with Crippen LogP contribution in [0.15, 0.2) is 60.7 Å². The summed E-state index contributed by atoms with van der Waals surface area (Å²) >= 11 is 0. The Balaban J connectivity index is 1.50. The van der Waals surface area contributed by atoms with Gasteiger partial charge in [-0.25, -0.2) is 0 Å². The summed E-state index contributed by atoms with van der Waals surface area (Å²) in [6.45, 7) is 3.96. The number of aliphatic hydroxyl groups is 1. The van der Waals surface area contributed by atoms with E-state index in [1.165, 1.54) is 0 Å². The monoisotopic (exact) mass is 383 g/mol. The lowest BCUT2D eigenvalue weighted by atomic mass is 9.97. The van der Waals surface area contributed by atoms with Crippen LogP contribution in [0, 0.1) is 0 Å². The predicted octanol–water partition coefficient (Wildman–Crippen LogP) is 4.61. The molecular weight excluding hydrogens is 350 g/mol. The van der Waals surface area contributed by atoms with Gasteiger partial charge in [-0.15, -0.1) is 0 Å². The Labute approximate surface area is 168 Å². The number of hydrogen-bond acceptors (Lipinski definition) is 4. The van der Waals surface area contributed by atoms with Crippen LogP contribution in [0.2, 0.25) is 0 Å². The average Bonchev–Trinajstić information content (AvgIpc) is 2.74. The molecule has 0 bridgehead atoms. The van der Waals surface area contributed by atoms with Crippen LogP contribution in [-0.2, 0) is 9.53 Å². The molecule has 2 rings (SSSR count). The quantitative estimate of drug-likeness (QED) is 0.392. The van der Waals surface area contributed by atoms with E-state index in [1.54, 1.807) is 0 Å². The normalized spacial score (nSPS) is 13.1. The molecule has 0 aliphatic carbocycles. The highest BCUT2D eigenvalue weighted by Gasteiger charge is 2.19. The summed E-state index contributed by atoms with van der Waals surface area (Å²) in [6, 6.07) is 19.5. The van der Waals surface area contributed by atoms with Gasteiger partial charge in [0.05, 0.1) is 18.6 Å². The molecule has 0 saturated heterocycles. The Morgan fingerprint density at radius 3 is 2.18 bits per heavy atom. The number of unbranched alkanes of at least 4 members (excludes halogenated alkanes) is 3. The van der Waals surface area contributed by atoms with Gasteiger partial charge in [-0.2, -0.15) is 0 Å². The van der Waals surface area contributed by atoms with Gasteiger partial charge in [0.1, 0.15) is 0 Å². The Hall–Kier alpha value is -2.17. The first kappa shape index (κ1) is 22.1. The van der Waals surface area contributed by atoms with Crippen molar-refractivity contribution in [1.29, 1.82) is 0 Å². The number of aliphatic hydroxyl groups excluding tert-OH is 1. The van der Waals surface area contributed by atoms with E-state index in [4.69, 9.17) is 4.74 Å². The fourth-order valence-corrected chi connectivity index (χ4v) is 3.23. The van der Waals surface area contributed by atoms with Crippen LogP contribution in [0.25, 0.3) is 0 Å². The zero-order valence-electron chi connectivity index (χ0n) is 16.8. The number of rotatable bonds is 13. The first-order valence-electron chi connectivity index (χ1n) is 10.4. The summed E-state index contributed by atoms with van der Waals surface area (Å²) in [5, 5.41) is 13.4. The second-order valence-electron chi connectivity index (χ2n) is 7.08. The number of carbonyl (C=O) groups excluding carboxylic acids is 1. The zero-order valence-corrected chi connectivity index (χ0v) is 16.8. The maximum Gasteiger partial charge on any atom is 0.313 e. The van der Waals surface area contributed by atoms with E-state index in [2.05, 4.69) is 5.32 Å². The molecule has 0 saturated carbocycles. The average molecular weight is 384 g/mol. The molecular formula is C24H33NO3. The van der Waals surface area contributed by atoms with Gasteiger partial charge in [-0.3, -0.25) is 4.79 Å². The highest BCUT2D eigenvalue weighted by atomic mass is 16.5. The molecule has 4 nitrogen and oxygen atoms in total. The smallest absolute Gasteiger partial charge is 0.313 e. The molecule has 2 unspecified atom stereocenters. The van der Waals surface area contributed by atoms with Crippen LogP contribution in [0.3, 0.4) is 0 Å². The maximum atomic E-state index is 12.3. The number of carbonyl (C=O) groups is 1. The van der Waals surface area contributed by atoms with Crippen LogP contribution >= 0.6 is 0 Å². The van der Waals surface area contributed by atoms with Crippen molar-refractivity contribution in [2.24, 2.45) is 0 Å². The summed E-state index contributed by atoms with van der Waals surface area (Å²) in [4.78, 5) is 12.3. The second kappa shape index (κ2) is 13.1. The minimum absolute atomic E-state index is 0.120. The molecule has 0 radical (unpaired) electrons. The van der Waals surface area contributed by atoms with Gasteiger partial charge in [-0.1, -0.05) is 80.4 Å². The lowest BCUT2D eigenvalue weighted by molar-refractivity contribution is -0.145. The van der Waals surface area contributed by atoms with Crippen LogP contribution in [-0.4, -0.2) is 30.8 Å². The second-order valence-corrected chi connectivity index (χ2v) is 7.08. The molecule has 152 valence electrons. The molecule has 0 amide bonds. The molecule has 2 atom stereocenters. The van der Waals surface area contributed by atoms with Crippen molar-refractivity contribution in [1.82, 2.24) is 5.32 Å². The fourth-order valence-electron chi connectivity index (χ4n) is 3.23. The SMILES string of the molecule is CCC(C(=O)OCCCCCCNCC(O)c1ccccc1)c1ccccc1. The Morgan fingerprint density at radius 1 is 0.929 bits per heavy atom. The molecule has 0 aromatic heterocycles. The highest BCUT2D eigenvalue weighted by Crippen LogP contribution is 2.21. The van der Waals surface area contributed by atoms with E-state index in [-0.39, 0.29) is 11.9 Å². The molecule has 4 heteroatoms. The largest absolute Gasteiger partial charge is 0.465 e. The number of hydrogen-bond donors (Lipinski definition) is 2. The standard InChI is InChI=1S/C24H33NO3/c1-2-22(20-13-7-5-8-14-20)24(27)28-18-12-4-3-11-17-25-19-23(26)21-15-9-6-10-16-21/h5-10,13-16,22-23,25-26H,2-4,11-12,17-19H2,1H3. The summed E-state index contributed by atoms with van der Waals surface area (Å²) < 4.78 is 5.47. The minimum Gasteiger partial charge on any atom is -0.465 e. The summed E-state index contributed by atoms with van der Waals surface area (Å²) in [7, 11) is 0. The Bertz CT molecular complexity index is 660. The molecule has 0 heterocycles. The Kier molecular flexibility index (Phi) is 10.3. The summed E-state index contributed by atoms with van der Waals surface area (Å²) in [6.07, 6.45) is 4.36. The van der Waals surface area contributed by atoms with Gasteiger partial charge in [0.15, 0.2) is 0 Å². The van der Waals surface area contributed by atoms with E-state index < -0.39 is 6.10 Å². The number of benzene rings is 2. The number of nitrogens with one attached hydrogen (secondary N) is 1. The van der Waals surface area contributed by atoms with Crippen molar-refractivity contribution >= 4 is 5.97 Å².